The maximum absolute atomic E-state index is 3.34. The minimum Gasteiger partial charge on any atom is -0.315 e. The number of alkyl halides is 1. The summed E-state index contributed by atoms with van der Waals surface area (Å²) < 4.78 is 1.22. The van der Waals surface area contributed by atoms with Crippen molar-refractivity contribution in [3.8, 4) is 0 Å². The standard InChI is InChI=1S/C6H14INS/c1-2-9-6-5-8-4-3-7/h8H,2-6H2,1H3. The maximum Gasteiger partial charge on any atom is 0.0121 e. The topological polar surface area (TPSA) is 12.0 Å². The molecule has 0 aliphatic rings. The van der Waals surface area contributed by atoms with Crippen LogP contribution in [0.2, 0.25) is 0 Å². The predicted molar refractivity (Wildman–Crippen MR) is 54.8 cm³/mol. The lowest BCUT2D eigenvalue weighted by atomic mass is 10.7. The van der Waals surface area contributed by atoms with Crippen LogP contribution in [-0.4, -0.2) is 29.0 Å². The van der Waals surface area contributed by atoms with Gasteiger partial charge in [-0.1, -0.05) is 29.5 Å². The third kappa shape index (κ3) is 9.04. The lowest BCUT2D eigenvalue weighted by Crippen LogP contribution is -2.19. The molecule has 0 aliphatic carbocycles. The molecule has 0 amide bonds. The van der Waals surface area contributed by atoms with Crippen LogP contribution < -0.4 is 5.32 Å². The zero-order valence-corrected chi connectivity index (χ0v) is 8.80. The number of halogens is 1. The van der Waals surface area contributed by atoms with Crippen LogP contribution in [-0.2, 0) is 0 Å². The van der Waals surface area contributed by atoms with Crippen molar-refractivity contribution in [3.05, 3.63) is 0 Å². The Morgan fingerprint density at radius 1 is 1.44 bits per heavy atom. The first-order valence-electron chi connectivity index (χ1n) is 3.26. The van der Waals surface area contributed by atoms with E-state index in [9.17, 15) is 0 Å². The van der Waals surface area contributed by atoms with Crippen molar-refractivity contribution in [2.75, 3.05) is 29.0 Å². The van der Waals surface area contributed by atoms with Gasteiger partial charge in [0.25, 0.3) is 0 Å². The molecule has 0 saturated heterocycles. The summed E-state index contributed by atoms with van der Waals surface area (Å²) in [6.45, 7) is 4.52. The molecule has 0 fully saturated rings. The van der Waals surface area contributed by atoms with Crippen molar-refractivity contribution in [3.63, 3.8) is 0 Å². The van der Waals surface area contributed by atoms with E-state index in [0.717, 1.165) is 6.54 Å². The van der Waals surface area contributed by atoms with Gasteiger partial charge in [-0.3, -0.25) is 0 Å². The Hall–Kier alpha value is 1.04. The van der Waals surface area contributed by atoms with Gasteiger partial charge in [0.2, 0.25) is 0 Å². The van der Waals surface area contributed by atoms with E-state index in [0.29, 0.717) is 0 Å². The lowest BCUT2D eigenvalue weighted by molar-refractivity contribution is 0.780. The molecule has 0 bridgehead atoms. The van der Waals surface area contributed by atoms with Gasteiger partial charge in [-0.05, 0) is 5.75 Å². The van der Waals surface area contributed by atoms with Crippen molar-refractivity contribution in [1.82, 2.24) is 5.32 Å². The number of nitrogens with one attached hydrogen (secondary N) is 1. The van der Waals surface area contributed by atoms with Crippen LogP contribution in [0.1, 0.15) is 6.92 Å². The molecule has 0 aliphatic heterocycles. The van der Waals surface area contributed by atoms with Gasteiger partial charge in [-0.25, -0.2) is 0 Å². The van der Waals surface area contributed by atoms with E-state index in [2.05, 4.69) is 34.8 Å². The second-order valence-corrected chi connectivity index (χ2v) is 4.11. The first-order chi connectivity index (χ1) is 4.41. The van der Waals surface area contributed by atoms with Gasteiger partial charge in [-0.15, -0.1) is 0 Å². The Balaban J connectivity index is 2.60. The molecule has 1 nitrogen and oxygen atoms in total. The van der Waals surface area contributed by atoms with Gasteiger partial charge in [0.05, 0.1) is 0 Å². The number of rotatable bonds is 6. The van der Waals surface area contributed by atoms with Gasteiger partial charge in [0, 0.05) is 23.3 Å². The van der Waals surface area contributed by atoms with Crippen LogP contribution in [0.3, 0.4) is 0 Å². The third-order valence-corrected chi connectivity index (χ3v) is 2.34. The van der Waals surface area contributed by atoms with E-state index in [1.54, 1.807) is 0 Å². The second kappa shape index (κ2) is 9.04. The fourth-order valence-corrected chi connectivity index (χ4v) is 1.44. The molecule has 0 radical (unpaired) electrons. The fourth-order valence-electron chi connectivity index (χ4n) is 0.480. The van der Waals surface area contributed by atoms with Crippen LogP contribution in [0.5, 0.6) is 0 Å². The molecule has 0 aromatic rings. The fraction of sp³-hybridized carbons (Fsp3) is 1.00. The average molecular weight is 259 g/mol. The molecule has 0 aromatic heterocycles. The van der Waals surface area contributed by atoms with E-state index in [1.807, 2.05) is 11.8 Å². The lowest BCUT2D eigenvalue weighted by Gasteiger charge is -1.99. The Morgan fingerprint density at radius 2 is 2.22 bits per heavy atom. The van der Waals surface area contributed by atoms with Crippen molar-refractivity contribution < 1.29 is 0 Å². The van der Waals surface area contributed by atoms with E-state index in [-0.39, 0.29) is 0 Å². The number of thioether (sulfide) groups is 1. The zero-order chi connectivity index (χ0) is 6.95. The summed E-state index contributed by atoms with van der Waals surface area (Å²) in [6.07, 6.45) is 0. The Labute approximate surface area is 75.5 Å². The third-order valence-electron chi connectivity index (χ3n) is 0.899. The molecule has 1 N–H and O–H groups in total. The second-order valence-electron chi connectivity index (χ2n) is 1.64. The quantitative estimate of drug-likeness (QED) is 0.443. The zero-order valence-electron chi connectivity index (χ0n) is 5.82. The van der Waals surface area contributed by atoms with Crippen LogP contribution in [0.15, 0.2) is 0 Å². The highest BCUT2D eigenvalue weighted by atomic mass is 127. The maximum atomic E-state index is 3.34. The first kappa shape index (κ1) is 10.0. The minimum absolute atomic E-state index is 1.16. The van der Waals surface area contributed by atoms with Gasteiger partial charge >= 0.3 is 0 Å². The molecule has 0 unspecified atom stereocenters. The van der Waals surface area contributed by atoms with Gasteiger partial charge in [0.15, 0.2) is 0 Å². The molecular formula is C6H14INS. The predicted octanol–water partition coefficient (Wildman–Crippen LogP) is 1.76. The molecule has 0 saturated carbocycles. The van der Waals surface area contributed by atoms with E-state index < -0.39 is 0 Å². The Morgan fingerprint density at radius 3 is 2.78 bits per heavy atom. The highest BCUT2D eigenvalue weighted by molar-refractivity contribution is 14.1. The molecular weight excluding hydrogens is 245 g/mol. The summed E-state index contributed by atoms with van der Waals surface area (Å²) in [5, 5.41) is 3.34. The summed E-state index contributed by atoms with van der Waals surface area (Å²) in [5.74, 6) is 2.50. The Bertz CT molecular complexity index is 46.3. The molecule has 0 heterocycles. The van der Waals surface area contributed by atoms with Crippen molar-refractivity contribution in [1.29, 1.82) is 0 Å². The first-order valence-corrected chi connectivity index (χ1v) is 5.94. The van der Waals surface area contributed by atoms with Gasteiger partial charge in [-0.2, -0.15) is 11.8 Å². The monoisotopic (exact) mass is 259 g/mol. The molecule has 0 atom stereocenters. The number of hydrogen-bond acceptors (Lipinski definition) is 2. The Kier molecular flexibility index (Phi) is 10.1. The summed E-state index contributed by atoms with van der Waals surface area (Å²) >= 11 is 4.37. The summed E-state index contributed by atoms with van der Waals surface area (Å²) in [5.41, 5.74) is 0. The van der Waals surface area contributed by atoms with E-state index in [4.69, 9.17) is 0 Å². The van der Waals surface area contributed by atoms with E-state index >= 15 is 0 Å². The van der Waals surface area contributed by atoms with Crippen LogP contribution in [0, 0.1) is 0 Å². The molecule has 3 heteroatoms. The number of hydrogen-bond donors (Lipinski definition) is 1. The summed E-state index contributed by atoms with van der Waals surface area (Å²) in [4.78, 5) is 0. The van der Waals surface area contributed by atoms with Crippen molar-refractivity contribution >= 4 is 34.4 Å². The smallest absolute Gasteiger partial charge is 0.0121 e. The molecule has 9 heavy (non-hydrogen) atoms. The highest BCUT2D eigenvalue weighted by Gasteiger charge is 1.84. The molecule has 0 aromatic carbocycles. The summed E-state index contributed by atoms with van der Waals surface area (Å²) in [7, 11) is 0. The van der Waals surface area contributed by atoms with Gasteiger partial charge < -0.3 is 5.32 Å². The average Bonchev–Trinajstić information content (AvgIpc) is 1.89. The molecule has 0 rings (SSSR count). The van der Waals surface area contributed by atoms with Gasteiger partial charge in [0.1, 0.15) is 0 Å². The highest BCUT2D eigenvalue weighted by Crippen LogP contribution is 1.94. The van der Waals surface area contributed by atoms with E-state index in [1.165, 1.54) is 22.5 Å². The summed E-state index contributed by atoms with van der Waals surface area (Å²) in [6, 6.07) is 0. The van der Waals surface area contributed by atoms with Crippen molar-refractivity contribution in [2.24, 2.45) is 0 Å². The molecule has 0 spiro atoms. The SMILES string of the molecule is CCSCCNCCI. The normalized spacial score (nSPS) is 10.0. The van der Waals surface area contributed by atoms with Crippen LogP contribution in [0.25, 0.3) is 0 Å². The minimum atomic E-state index is 1.16. The largest absolute Gasteiger partial charge is 0.315 e. The molecule has 56 valence electrons. The van der Waals surface area contributed by atoms with Crippen LogP contribution >= 0.6 is 34.4 Å². The van der Waals surface area contributed by atoms with Crippen LogP contribution in [0.4, 0.5) is 0 Å². The van der Waals surface area contributed by atoms with Crippen molar-refractivity contribution in [2.45, 2.75) is 6.92 Å².